The predicted molar refractivity (Wildman–Crippen MR) is 119 cm³/mol. The van der Waals surface area contributed by atoms with Gasteiger partial charge in [-0.2, -0.15) is 0 Å². The van der Waals surface area contributed by atoms with Crippen molar-refractivity contribution >= 4 is 0 Å². The lowest BCUT2D eigenvalue weighted by atomic mass is 9.94. The van der Waals surface area contributed by atoms with Crippen LogP contribution >= 0.6 is 0 Å². The first kappa shape index (κ1) is 27.8. The van der Waals surface area contributed by atoms with E-state index in [4.69, 9.17) is 9.47 Å². The molecule has 0 radical (unpaired) electrons. The molecule has 0 aromatic carbocycles. The Hall–Kier alpha value is -0.240. The topological polar surface area (TPSA) is 99.4 Å². The van der Waals surface area contributed by atoms with E-state index >= 15 is 0 Å². The summed E-state index contributed by atoms with van der Waals surface area (Å²) in [7, 11) is 0. The maximum atomic E-state index is 10.2. The molecule has 0 aromatic heterocycles. The number of hydrogen-bond acceptors (Lipinski definition) is 6. The fraction of sp³-hybridized carbons (Fsp3) is 1.00. The molecule has 1 aliphatic rings. The lowest BCUT2D eigenvalue weighted by molar-refractivity contribution is -0.303. The highest BCUT2D eigenvalue weighted by molar-refractivity contribution is 4.88. The first-order valence-corrected chi connectivity index (χ1v) is 12.5. The van der Waals surface area contributed by atoms with Crippen LogP contribution in [-0.4, -0.2) is 64.3 Å². The first-order chi connectivity index (χ1) is 14.5. The molecule has 6 heteroatoms. The maximum Gasteiger partial charge on any atom is 0.186 e. The molecule has 1 rings (SSSR count). The van der Waals surface area contributed by atoms with Crippen LogP contribution in [0.3, 0.4) is 0 Å². The van der Waals surface area contributed by atoms with Crippen molar-refractivity contribution in [3.8, 4) is 0 Å². The summed E-state index contributed by atoms with van der Waals surface area (Å²) < 4.78 is 11.3. The van der Waals surface area contributed by atoms with E-state index in [2.05, 4.69) is 13.8 Å². The summed E-state index contributed by atoms with van der Waals surface area (Å²) >= 11 is 0. The van der Waals surface area contributed by atoms with E-state index in [9.17, 15) is 20.4 Å². The predicted octanol–water partition coefficient (Wildman–Crippen LogP) is 3.92. The van der Waals surface area contributed by atoms with E-state index in [0.29, 0.717) is 12.5 Å². The molecule has 30 heavy (non-hydrogen) atoms. The Morgan fingerprint density at radius 1 is 0.700 bits per heavy atom. The SMILES string of the molecule is CCCCCCCCC(CCCCCCCC)COC1O[C@H](CO)[C@@H](O)[C@H](O)[C@H]1O. The number of hydrogen-bond donors (Lipinski definition) is 4. The van der Waals surface area contributed by atoms with E-state index in [1.807, 2.05) is 0 Å². The Bertz CT molecular complexity index is 376. The molecule has 5 atom stereocenters. The fourth-order valence-electron chi connectivity index (χ4n) is 4.17. The van der Waals surface area contributed by atoms with Crippen LogP contribution in [0.2, 0.25) is 0 Å². The van der Waals surface area contributed by atoms with Crippen LogP contribution in [0.25, 0.3) is 0 Å². The summed E-state index contributed by atoms with van der Waals surface area (Å²) in [6.07, 6.45) is 11.4. The Morgan fingerprint density at radius 2 is 1.20 bits per heavy atom. The zero-order valence-corrected chi connectivity index (χ0v) is 19.4. The minimum absolute atomic E-state index is 0.398. The number of ether oxygens (including phenoxy) is 2. The average molecular weight is 433 g/mol. The van der Waals surface area contributed by atoms with Crippen molar-refractivity contribution < 1.29 is 29.9 Å². The van der Waals surface area contributed by atoms with Crippen LogP contribution in [0, 0.1) is 5.92 Å². The third-order valence-corrected chi connectivity index (χ3v) is 6.28. The van der Waals surface area contributed by atoms with Crippen molar-refractivity contribution in [3.63, 3.8) is 0 Å². The molecule has 1 fully saturated rings. The van der Waals surface area contributed by atoms with Gasteiger partial charge < -0.3 is 29.9 Å². The van der Waals surface area contributed by atoms with Crippen molar-refractivity contribution in [1.29, 1.82) is 0 Å². The van der Waals surface area contributed by atoms with Crippen molar-refractivity contribution in [2.24, 2.45) is 5.92 Å². The van der Waals surface area contributed by atoms with Gasteiger partial charge in [0.2, 0.25) is 0 Å². The largest absolute Gasteiger partial charge is 0.394 e. The first-order valence-electron chi connectivity index (χ1n) is 12.5. The zero-order valence-electron chi connectivity index (χ0n) is 19.4. The molecular formula is C24H48O6. The second-order valence-corrected chi connectivity index (χ2v) is 9.01. The van der Waals surface area contributed by atoms with E-state index < -0.39 is 37.3 Å². The van der Waals surface area contributed by atoms with Gasteiger partial charge >= 0.3 is 0 Å². The highest BCUT2D eigenvalue weighted by Gasteiger charge is 2.44. The molecule has 1 heterocycles. The van der Waals surface area contributed by atoms with Gasteiger partial charge in [-0.25, -0.2) is 0 Å². The van der Waals surface area contributed by atoms with Crippen molar-refractivity contribution in [2.75, 3.05) is 13.2 Å². The lowest BCUT2D eigenvalue weighted by Crippen LogP contribution is -2.59. The van der Waals surface area contributed by atoms with Crippen LogP contribution < -0.4 is 0 Å². The Morgan fingerprint density at radius 3 is 1.70 bits per heavy atom. The third-order valence-electron chi connectivity index (χ3n) is 6.28. The van der Waals surface area contributed by atoms with Crippen LogP contribution in [0.4, 0.5) is 0 Å². The summed E-state index contributed by atoms with van der Waals surface area (Å²) in [6.45, 7) is 4.50. The molecule has 1 aliphatic heterocycles. The molecule has 0 spiro atoms. The Balaban J connectivity index is 2.43. The van der Waals surface area contributed by atoms with Crippen LogP contribution in [0.5, 0.6) is 0 Å². The van der Waals surface area contributed by atoms with Crippen LogP contribution in [0.1, 0.15) is 104 Å². The Labute approximate surface area is 184 Å². The second kappa shape index (κ2) is 17.3. The van der Waals surface area contributed by atoms with Gasteiger partial charge in [-0.3, -0.25) is 0 Å². The van der Waals surface area contributed by atoms with Gasteiger partial charge in [-0.1, -0.05) is 90.9 Å². The zero-order chi connectivity index (χ0) is 22.2. The standard InChI is InChI=1S/C24H48O6/c1-3-5-7-9-11-13-15-19(16-14-12-10-8-6-4-2)18-29-24-23(28)22(27)21(26)20(17-25)30-24/h19-28H,3-18H2,1-2H3/t20-,21-,22+,23-,24?/m1/s1. The van der Waals surface area contributed by atoms with E-state index in [1.165, 1.54) is 77.0 Å². The van der Waals surface area contributed by atoms with Gasteiger partial charge in [-0.15, -0.1) is 0 Å². The lowest BCUT2D eigenvalue weighted by Gasteiger charge is -2.40. The van der Waals surface area contributed by atoms with Crippen molar-refractivity contribution in [3.05, 3.63) is 0 Å². The minimum atomic E-state index is -1.38. The van der Waals surface area contributed by atoms with Gasteiger partial charge in [0.15, 0.2) is 6.29 Å². The molecule has 0 aromatic rings. The second-order valence-electron chi connectivity index (χ2n) is 9.01. The molecule has 0 amide bonds. The van der Waals surface area contributed by atoms with Gasteiger partial charge in [0, 0.05) is 0 Å². The normalized spacial score (nSPS) is 27.1. The number of rotatable bonds is 18. The maximum absolute atomic E-state index is 10.2. The highest BCUT2D eigenvalue weighted by Crippen LogP contribution is 2.25. The van der Waals surface area contributed by atoms with Gasteiger partial charge in [-0.05, 0) is 18.8 Å². The van der Waals surface area contributed by atoms with Gasteiger partial charge in [0.25, 0.3) is 0 Å². The van der Waals surface area contributed by atoms with E-state index in [-0.39, 0.29) is 0 Å². The molecule has 0 aliphatic carbocycles. The molecule has 4 N–H and O–H groups in total. The number of unbranched alkanes of at least 4 members (excludes halogenated alkanes) is 10. The highest BCUT2D eigenvalue weighted by atomic mass is 16.7. The third kappa shape index (κ3) is 10.9. The number of aliphatic hydroxyl groups excluding tert-OH is 4. The molecule has 0 bridgehead atoms. The summed E-state index contributed by atoms with van der Waals surface area (Å²) in [5, 5.41) is 39.4. The van der Waals surface area contributed by atoms with E-state index in [0.717, 1.165) is 12.8 Å². The molecular weight excluding hydrogens is 384 g/mol. The molecule has 6 nitrogen and oxygen atoms in total. The number of aliphatic hydroxyl groups is 4. The van der Waals surface area contributed by atoms with Crippen LogP contribution in [-0.2, 0) is 9.47 Å². The quantitative estimate of drug-likeness (QED) is 0.245. The summed E-state index contributed by atoms with van der Waals surface area (Å²) in [5.74, 6) is 0.398. The smallest absolute Gasteiger partial charge is 0.186 e. The summed E-state index contributed by atoms with van der Waals surface area (Å²) in [5.41, 5.74) is 0. The minimum Gasteiger partial charge on any atom is -0.394 e. The molecule has 180 valence electrons. The van der Waals surface area contributed by atoms with Gasteiger partial charge in [0.1, 0.15) is 24.4 Å². The van der Waals surface area contributed by atoms with Gasteiger partial charge in [0.05, 0.1) is 13.2 Å². The van der Waals surface area contributed by atoms with Crippen molar-refractivity contribution in [1.82, 2.24) is 0 Å². The molecule has 1 unspecified atom stereocenters. The molecule has 0 saturated carbocycles. The fourth-order valence-corrected chi connectivity index (χ4v) is 4.17. The average Bonchev–Trinajstić information content (AvgIpc) is 2.75. The summed E-state index contributed by atoms with van der Waals surface area (Å²) in [6, 6.07) is 0. The summed E-state index contributed by atoms with van der Waals surface area (Å²) in [4.78, 5) is 0. The van der Waals surface area contributed by atoms with E-state index in [1.54, 1.807) is 0 Å². The van der Waals surface area contributed by atoms with Crippen LogP contribution in [0.15, 0.2) is 0 Å². The monoisotopic (exact) mass is 432 g/mol. The van der Waals surface area contributed by atoms with Crippen molar-refractivity contribution in [2.45, 2.75) is 134 Å². The molecule has 1 saturated heterocycles. The Kier molecular flexibility index (Phi) is 16.1.